The van der Waals surface area contributed by atoms with E-state index in [4.69, 9.17) is 0 Å². The lowest BCUT2D eigenvalue weighted by Gasteiger charge is -2.27. The van der Waals surface area contributed by atoms with Crippen molar-refractivity contribution in [1.82, 2.24) is 0 Å². The molecule has 0 saturated carbocycles. The molecule has 70 valence electrons. The van der Waals surface area contributed by atoms with Crippen molar-refractivity contribution < 1.29 is 5.11 Å². The van der Waals surface area contributed by atoms with Crippen molar-refractivity contribution >= 4 is 11.8 Å². The number of hydrogen-bond donors (Lipinski definition) is 1. The molecule has 1 fully saturated rings. The van der Waals surface area contributed by atoms with E-state index >= 15 is 0 Å². The Kier molecular flexibility index (Phi) is 2.35. The Balaban J connectivity index is 2.34. The van der Waals surface area contributed by atoms with E-state index in [0.29, 0.717) is 5.92 Å². The summed E-state index contributed by atoms with van der Waals surface area (Å²) in [5.74, 6) is 2.25. The van der Waals surface area contributed by atoms with Gasteiger partial charge in [0.1, 0.15) is 5.60 Å². The summed E-state index contributed by atoms with van der Waals surface area (Å²) in [6.07, 6.45) is 0. The number of hydrogen-bond acceptors (Lipinski definition) is 2. The highest BCUT2D eigenvalue weighted by atomic mass is 32.2. The zero-order valence-corrected chi connectivity index (χ0v) is 8.55. The van der Waals surface area contributed by atoms with Crippen LogP contribution in [0.5, 0.6) is 0 Å². The van der Waals surface area contributed by atoms with E-state index in [2.05, 4.69) is 6.92 Å². The maximum atomic E-state index is 10.4. The lowest BCUT2D eigenvalue weighted by atomic mass is 9.85. The maximum Gasteiger partial charge on any atom is 0.102 e. The summed E-state index contributed by atoms with van der Waals surface area (Å²) in [7, 11) is 0. The van der Waals surface area contributed by atoms with Gasteiger partial charge in [-0.15, -0.1) is 0 Å². The minimum atomic E-state index is -0.591. The van der Waals surface area contributed by atoms with Crippen LogP contribution in [0.25, 0.3) is 0 Å². The molecule has 0 unspecified atom stereocenters. The molecule has 1 nitrogen and oxygen atoms in total. The van der Waals surface area contributed by atoms with Crippen LogP contribution in [0.4, 0.5) is 0 Å². The third-order valence-electron chi connectivity index (χ3n) is 2.78. The van der Waals surface area contributed by atoms with E-state index in [1.165, 1.54) is 0 Å². The Morgan fingerprint density at radius 2 is 2.08 bits per heavy atom. The molecule has 0 amide bonds. The average molecular weight is 194 g/mol. The van der Waals surface area contributed by atoms with E-state index in [-0.39, 0.29) is 0 Å². The molecule has 0 bridgehead atoms. The lowest BCUT2D eigenvalue weighted by molar-refractivity contribution is 0.0234. The van der Waals surface area contributed by atoms with Crippen LogP contribution in [-0.2, 0) is 5.60 Å². The van der Waals surface area contributed by atoms with E-state index in [1.54, 1.807) is 0 Å². The van der Waals surface area contributed by atoms with Crippen molar-refractivity contribution in [3.05, 3.63) is 35.9 Å². The number of aliphatic hydroxyl groups is 1. The monoisotopic (exact) mass is 194 g/mol. The van der Waals surface area contributed by atoms with Crippen molar-refractivity contribution in [3.63, 3.8) is 0 Å². The molecule has 1 aromatic rings. The van der Waals surface area contributed by atoms with Crippen LogP contribution in [0.3, 0.4) is 0 Å². The van der Waals surface area contributed by atoms with Gasteiger partial charge in [-0.1, -0.05) is 37.3 Å². The van der Waals surface area contributed by atoms with Gasteiger partial charge in [0.2, 0.25) is 0 Å². The van der Waals surface area contributed by atoms with E-state index in [0.717, 1.165) is 17.1 Å². The highest BCUT2D eigenvalue weighted by Gasteiger charge is 2.40. The van der Waals surface area contributed by atoms with Crippen LogP contribution in [-0.4, -0.2) is 16.6 Å². The first-order valence-corrected chi connectivity index (χ1v) is 5.74. The minimum Gasteiger partial charge on any atom is -0.384 e. The van der Waals surface area contributed by atoms with Crippen LogP contribution in [0.2, 0.25) is 0 Å². The first-order chi connectivity index (χ1) is 6.23. The molecule has 2 atom stereocenters. The first kappa shape index (κ1) is 9.10. The van der Waals surface area contributed by atoms with Crippen molar-refractivity contribution in [2.45, 2.75) is 12.5 Å². The van der Waals surface area contributed by atoms with Gasteiger partial charge in [-0.2, -0.15) is 11.8 Å². The fourth-order valence-electron chi connectivity index (χ4n) is 1.77. The second-order valence-electron chi connectivity index (χ2n) is 3.71. The highest BCUT2D eigenvalue weighted by Crippen LogP contribution is 2.40. The molecule has 2 heteroatoms. The molecule has 1 N–H and O–H groups in total. The minimum absolute atomic E-state index is 0.361. The van der Waals surface area contributed by atoms with Crippen LogP contribution in [0, 0.1) is 5.92 Å². The Morgan fingerprint density at radius 1 is 1.38 bits per heavy atom. The molecule has 2 rings (SSSR count). The fourth-order valence-corrected chi connectivity index (χ4v) is 3.28. The molecule has 0 aromatic heterocycles. The molecular weight excluding hydrogens is 180 g/mol. The van der Waals surface area contributed by atoms with Gasteiger partial charge >= 0.3 is 0 Å². The van der Waals surface area contributed by atoms with Crippen molar-refractivity contribution in [3.8, 4) is 0 Å². The third kappa shape index (κ3) is 1.49. The summed E-state index contributed by atoms with van der Waals surface area (Å²) in [5.41, 5.74) is 0.471. The Bertz CT molecular complexity index is 285. The fraction of sp³-hybridized carbons (Fsp3) is 0.455. The standard InChI is InChI=1S/C11H14OS/c1-9-7-13-8-11(9,12)10-5-3-2-4-6-10/h2-6,9,12H,7-8H2,1H3/t9-,11+/m0/s1. The van der Waals surface area contributed by atoms with Crippen molar-refractivity contribution in [2.24, 2.45) is 5.92 Å². The molecule has 1 aromatic carbocycles. The summed E-state index contributed by atoms with van der Waals surface area (Å²) in [6, 6.07) is 10.00. The van der Waals surface area contributed by atoms with Gasteiger partial charge < -0.3 is 5.11 Å². The topological polar surface area (TPSA) is 20.2 Å². The van der Waals surface area contributed by atoms with Gasteiger partial charge in [0.25, 0.3) is 0 Å². The summed E-state index contributed by atoms with van der Waals surface area (Å²) < 4.78 is 0. The molecule has 1 saturated heterocycles. The van der Waals surface area contributed by atoms with E-state index in [9.17, 15) is 5.11 Å². The largest absolute Gasteiger partial charge is 0.384 e. The summed E-state index contributed by atoms with van der Waals surface area (Å²) in [4.78, 5) is 0. The molecule has 1 aliphatic rings. The molecule has 1 aliphatic heterocycles. The predicted molar refractivity (Wildman–Crippen MR) is 56.8 cm³/mol. The molecule has 13 heavy (non-hydrogen) atoms. The van der Waals surface area contributed by atoms with Crippen LogP contribution in [0.1, 0.15) is 12.5 Å². The Morgan fingerprint density at radius 3 is 2.62 bits per heavy atom. The van der Waals surface area contributed by atoms with Gasteiger partial charge in [-0.25, -0.2) is 0 Å². The van der Waals surface area contributed by atoms with Gasteiger partial charge in [0, 0.05) is 5.75 Å². The van der Waals surface area contributed by atoms with Crippen LogP contribution in [0.15, 0.2) is 30.3 Å². The summed E-state index contributed by atoms with van der Waals surface area (Å²) in [6.45, 7) is 2.12. The lowest BCUT2D eigenvalue weighted by Crippen LogP contribution is -2.32. The highest BCUT2D eigenvalue weighted by molar-refractivity contribution is 7.99. The zero-order valence-electron chi connectivity index (χ0n) is 7.73. The SMILES string of the molecule is C[C@H]1CSC[C@]1(O)c1ccccc1. The third-order valence-corrected chi connectivity index (χ3v) is 4.16. The van der Waals surface area contributed by atoms with Crippen molar-refractivity contribution in [2.75, 3.05) is 11.5 Å². The van der Waals surface area contributed by atoms with Crippen LogP contribution < -0.4 is 0 Å². The Labute approximate surface area is 83.2 Å². The molecule has 0 spiro atoms. The second-order valence-corrected chi connectivity index (χ2v) is 4.74. The van der Waals surface area contributed by atoms with Gasteiger partial charge in [-0.3, -0.25) is 0 Å². The molecule has 0 radical (unpaired) electrons. The van der Waals surface area contributed by atoms with E-state index < -0.39 is 5.60 Å². The predicted octanol–water partition coefficient (Wildman–Crippen LogP) is 2.26. The number of benzene rings is 1. The maximum absolute atomic E-state index is 10.4. The van der Waals surface area contributed by atoms with Gasteiger partial charge in [-0.05, 0) is 17.2 Å². The zero-order chi connectivity index (χ0) is 9.31. The molecule has 0 aliphatic carbocycles. The van der Waals surface area contributed by atoms with Crippen molar-refractivity contribution in [1.29, 1.82) is 0 Å². The summed E-state index contributed by atoms with van der Waals surface area (Å²) in [5, 5.41) is 10.4. The van der Waals surface area contributed by atoms with Gasteiger partial charge in [0.15, 0.2) is 0 Å². The van der Waals surface area contributed by atoms with Gasteiger partial charge in [0.05, 0.1) is 0 Å². The quantitative estimate of drug-likeness (QED) is 0.740. The summed E-state index contributed by atoms with van der Waals surface area (Å²) >= 11 is 1.83. The normalized spacial score (nSPS) is 33.5. The smallest absolute Gasteiger partial charge is 0.102 e. The van der Waals surface area contributed by atoms with Crippen LogP contribution >= 0.6 is 11.8 Å². The first-order valence-electron chi connectivity index (χ1n) is 4.59. The average Bonchev–Trinajstić information content (AvgIpc) is 2.50. The number of thioether (sulfide) groups is 1. The van der Waals surface area contributed by atoms with E-state index in [1.807, 2.05) is 42.1 Å². The second kappa shape index (κ2) is 3.35. The molecular formula is C11H14OS. The Hall–Kier alpha value is -0.470. The molecule has 1 heterocycles. The number of rotatable bonds is 1.